The van der Waals surface area contributed by atoms with Gasteiger partial charge >= 0.3 is 0 Å². The monoisotopic (exact) mass is 974 g/mol. The Bertz CT molecular complexity index is 2120. The molecule has 12 N–H and O–H groups in total. The van der Waals surface area contributed by atoms with Gasteiger partial charge in [0.1, 0.15) is 42.3 Å². The molecule has 0 spiro atoms. The van der Waals surface area contributed by atoms with E-state index in [0.717, 1.165) is 11.1 Å². The van der Waals surface area contributed by atoms with E-state index < -0.39 is 108 Å². The number of carbonyl (C=O) groups excluding carboxylic acids is 9. The molecular weight excluding hydrogens is 899 g/mol. The maximum atomic E-state index is 14.0. The zero-order chi connectivity index (χ0) is 51.7. The fourth-order valence-electron chi connectivity index (χ4n) is 8.58. The minimum atomic E-state index is -1.16. The lowest BCUT2D eigenvalue weighted by Gasteiger charge is -2.31. The van der Waals surface area contributed by atoms with Crippen molar-refractivity contribution in [1.82, 2.24) is 41.7 Å². The number of nitrogens with two attached hydrogens (primary N) is 3. The van der Waals surface area contributed by atoms with E-state index in [1.54, 1.807) is 52.0 Å². The molecule has 0 aromatic heterocycles. The summed E-state index contributed by atoms with van der Waals surface area (Å²) in [5.74, 6) is -5.39. The number of carbonyl (C=O) groups is 9. The van der Waals surface area contributed by atoms with E-state index in [9.17, 15) is 43.2 Å². The second-order valence-electron chi connectivity index (χ2n) is 19.2. The first kappa shape index (κ1) is 56.2. The molecule has 9 atom stereocenters. The molecule has 9 amide bonds. The molecule has 0 bridgehead atoms. The maximum Gasteiger partial charge on any atom is 0.246 e. The van der Waals surface area contributed by atoms with Crippen LogP contribution in [0.25, 0.3) is 0 Å². The Morgan fingerprint density at radius 3 is 1.34 bits per heavy atom. The quantitative estimate of drug-likeness (QED) is 0.0580. The average Bonchev–Trinajstić information content (AvgIpc) is 4.03. The summed E-state index contributed by atoms with van der Waals surface area (Å²) in [4.78, 5) is 124. The van der Waals surface area contributed by atoms with Crippen molar-refractivity contribution in [1.29, 1.82) is 0 Å². The van der Waals surface area contributed by atoms with Gasteiger partial charge in [0.15, 0.2) is 0 Å². The lowest BCUT2D eigenvalue weighted by atomic mass is 10.0. The molecule has 2 fully saturated rings. The summed E-state index contributed by atoms with van der Waals surface area (Å²) in [5, 5.41) is 16.7. The largest absolute Gasteiger partial charge is 0.368 e. The summed E-state index contributed by atoms with van der Waals surface area (Å²) in [6.07, 6.45) is 2.82. The van der Waals surface area contributed by atoms with Gasteiger partial charge in [-0.1, -0.05) is 88.4 Å². The van der Waals surface area contributed by atoms with Crippen molar-refractivity contribution < 1.29 is 43.2 Å². The van der Waals surface area contributed by atoms with Crippen molar-refractivity contribution in [3.05, 3.63) is 71.8 Å². The molecule has 384 valence electrons. The smallest absolute Gasteiger partial charge is 0.246 e. The van der Waals surface area contributed by atoms with Crippen molar-refractivity contribution in [3.8, 4) is 0 Å². The molecular formula is C50H75N11O9. The van der Waals surface area contributed by atoms with Crippen LogP contribution in [0.1, 0.15) is 97.6 Å². The molecule has 20 heteroatoms. The van der Waals surface area contributed by atoms with Crippen molar-refractivity contribution in [3.63, 3.8) is 0 Å². The summed E-state index contributed by atoms with van der Waals surface area (Å²) in [7, 11) is 0. The summed E-state index contributed by atoms with van der Waals surface area (Å²) >= 11 is 0. The number of nitrogens with one attached hydrogen (secondary N) is 6. The second kappa shape index (κ2) is 27.1. The van der Waals surface area contributed by atoms with Gasteiger partial charge in [0.2, 0.25) is 53.2 Å². The van der Waals surface area contributed by atoms with Crippen LogP contribution in [-0.2, 0) is 56.0 Å². The predicted molar refractivity (Wildman–Crippen MR) is 262 cm³/mol. The van der Waals surface area contributed by atoms with Gasteiger partial charge in [-0.15, -0.1) is 0 Å². The Kier molecular flexibility index (Phi) is 21.8. The van der Waals surface area contributed by atoms with Crippen LogP contribution in [0.4, 0.5) is 0 Å². The molecule has 2 heterocycles. The summed E-state index contributed by atoms with van der Waals surface area (Å²) in [6.45, 7) is 10.9. The molecule has 2 aliphatic rings. The second-order valence-corrected chi connectivity index (χ2v) is 19.2. The number of likely N-dealkylation sites (tertiary alicyclic amines) is 2. The molecule has 2 aromatic carbocycles. The van der Waals surface area contributed by atoms with E-state index in [4.69, 9.17) is 17.2 Å². The van der Waals surface area contributed by atoms with Gasteiger partial charge in [-0.25, -0.2) is 0 Å². The normalized spacial score (nSPS) is 18.7. The van der Waals surface area contributed by atoms with Crippen molar-refractivity contribution >= 4 is 53.2 Å². The van der Waals surface area contributed by atoms with Crippen LogP contribution >= 0.6 is 0 Å². The fraction of sp³-hybridized carbons (Fsp3) is 0.580. The number of nitrogens with zero attached hydrogens (tertiary/aromatic N) is 2. The Morgan fingerprint density at radius 1 is 0.543 bits per heavy atom. The van der Waals surface area contributed by atoms with E-state index in [1.165, 1.54) is 23.6 Å². The van der Waals surface area contributed by atoms with Crippen molar-refractivity contribution in [2.45, 2.75) is 154 Å². The Labute approximate surface area is 411 Å². The summed E-state index contributed by atoms with van der Waals surface area (Å²) < 4.78 is 0. The fourth-order valence-corrected chi connectivity index (χ4v) is 8.58. The van der Waals surface area contributed by atoms with Crippen LogP contribution in [0.2, 0.25) is 0 Å². The first-order valence-electron chi connectivity index (χ1n) is 24.5. The first-order chi connectivity index (χ1) is 33.2. The van der Waals surface area contributed by atoms with Crippen molar-refractivity contribution in [2.75, 3.05) is 19.6 Å². The molecule has 2 aliphatic heterocycles. The first-order valence-corrected chi connectivity index (χ1v) is 24.5. The Hall–Kier alpha value is -6.41. The van der Waals surface area contributed by atoms with Gasteiger partial charge in [-0.3, -0.25) is 43.2 Å². The molecule has 0 saturated carbocycles. The molecule has 4 rings (SSSR count). The highest BCUT2D eigenvalue weighted by atomic mass is 16.2. The topological polar surface area (TPSA) is 310 Å². The van der Waals surface area contributed by atoms with E-state index in [-0.39, 0.29) is 44.2 Å². The van der Waals surface area contributed by atoms with Crippen LogP contribution in [-0.4, -0.2) is 137 Å². The summed E-state index contributed by atoms with van der Waals surface area (Å²) in [6, 6.07) is 9.56. The molecule has 2 saturated heterocycles. The average molecular weight is 974 g/mol. The zero-order valence-electron chi connectivity index (χ0n) is 41.4. The molecule has 20 nitrogen and oxygen atoms in total. The number of rotatable bonds is 25. The highest BCUT2D eigenvalue weighted by Gasteiger charge is 2.42. The molecule has 2 aromatic rings. The predicted octanol–water partition coefficient (Wildman–Crippen LogP) is -0.344. The number of benzene rings is 2. The lowest BCUT2D eigenvalue weighted by Crippen LogP contribution is -2.59. The minimum absolute atomic E-state index is 0.0657. The maximum absolute atomic E-state index is 14.0. The Balaban J connectivity index is 1.39. The van der Waals surface area contributed by atoms with Crippen LogP contribution in [0.3, 0.4) is 0 Å². The van der Waals surface area contributed by atoms with E-state index >= 15 is 0 Å². The highest BCUT2D eigenvalue weighted by molar-refractivity contribution is 5.97. The van der Waals surface area contributed by atoms with Gasteiger partial charge in [-0.05, 0) is 81.8 Å². The van der Waals surface area contributed by atoms with Gasteiger partial charge in [0.05, 0.1) is 12.1 Å². The number of hydrogen-bond donors (Lipinski definition) is 9. The number of primary amides is 1. The van der Waals surface area contributed by atoms with Crippen LogP contribution in [0.5, 0.6) is 0 Å². The third kappa shape index (κ3) is 16.4. The van der Waals surface area contributed by atoms with Gasteiger partial charge in [-0.2, -0.15) is 0 Å². The number of hydrogen-bond acceptors (Lipinski definition) is 11. The van der Waals surface area contributed by atoms with Crippen LogP contribution < -0.4 is 49.1 Å². The molecule has 0 radical (unpaired) electrons. The lowest BCUT2D eigenvalue weighted by molar-refractivity contribution is -0.143. The van der Waals surface area contributed by atoms with Crippen LogP contribution in [0.15, 0.2) is 60.7 Å². The van der Waals surface area contributed by atoms with Crippen LogP contribution in [0, 0.1) is 11.8 Å². The zero-order valence-corrected chi connectivity index (χ0v) is 41.4. The van der Waals surface area contributed by atoms with Gasteiger partial charge < -0.3 is 58.9 Å². The number of unbranched alkanes of at least 4 members (excludes halogenated alkanes) is 1. The third-order valence-corrected chi connectivity index (χ3v) is 12.7. The Morgan fingerprint density at radius 2 is 0.957 bits per heavy atom. The third-order valence-electron chi connectivity index (χ3n) is 12.7. The van der Waals surface area contributed by atoms with Crippen molar-refractivity contribution in [2.24, 2.45) is 29.0 Å². The molecule has 70 heavy (non-hydrogen) atoms. The molecule has 0 unspecified atom stereocenters. The van der Waals surface area contributed by atoms with Gasteiger partial charge in [0.25, 0.3) is 0 Å². The highest BCUT2D eigenvalue weighted by Crippen LogP contribution is 2.23. The van der Waals surface area contributed by atoms with E-state index in [0.29, 0.717) is 45.1 Å². The summed E-state index contributed by atoms with van der Waals surface area (Å²) in [5.41, 5.74) is 18.8. The number of amides is 9. The SMILES string of the molecule is CC(C)[C@H](NC(=O)[C@H](C)N)C(=O)N1CCC[C@H]1C(=O)N[C@@H](Cc1ccccc1)C(=O)NCCCC[C@H](NC(=O)[C@H](Cc1ccccc1)NC(=O)[C@@H]1CCCN1C(=O)[C@@H](NC(=O)[C@H](C)N)C(C)C)C(N)=O. The molecule has 0 aliphatic carbocycles. The van der Waals surface area contributed by atoms with E-state index in [2.05, 4.69) is 31.9 Å². The van der Waals surface area contributed by atoms with E-state index in [1.807, 2.05) is 36.4 Å². The standard InChI is InChI=1S/C50H75N11O9/c1-29(2)40(58-43(63)31(5)51)49(69)60-25-15-22-38(60)47(67)56-36(27-33-17-9-7-10-18-33)45(65)54-24-14-13-21-35(42(53)62)55-46(66)37(28-34-19-11-8-12-20-34)57-48(68)39-23-16-26-61(39)50(70)41(30(3)4)59-44(64)32(6)52/h7-12,17-20,29-32,35-41H,13-16,21-28,51-52H2,1-6H3,(H2,53,62)(H,54,65)(H,55,66)(H,56,67)(H,57,68)(H,58,63)(H,59,64)/t31-,32-,35-,36-,37-,38-,39-,40-,41-/m0/s1. The minimum Gasteiger partial charge on any atom is -0.368 e. The van der Waals surface area contributed by atoms with Gasteiger partial charge in [0, 0.05) is 32.5 Å².